The Labute approximate surface area is 433 Å². The number of nitrogens with one attached hydrogen (secondary N) is 6. The number of carbonyl (C=O) groups excluding carboxylic acids is 6. The second-order valence-electron chi connectivity index (χ2n) is 17.6. The quantitative estimate of drug-likeness (QED) is 0.0266. The zero-order valence-electron chi connectivity index (χ0n) is 42.6. The fraction of sp³-hybridized carbons (Fsp3) is 0.864. The van der Waals surface area contributed by atoms with E-state index in [1.807, 2.05) is 0 Å². The van der Waals surface area contributed by atoms with Gasteiger partial charge in [0.05, 0.1) is 98.4 Å². The number of nitrogens with zero attached hydrogens (tertiary/aromatic N) is 1. The molecule has 0 saturated carbocycles. The van der Waals surface area contributed by atoms with E-state index in [1.54, 1.807) is 6.92 Å². The van der Waals surface area contributed by atoms with Crippen LogP contribution in [0.5, 0.6) is 0 Å². The van der Waals surface area contributed by atoms with E-state index >= 15 is 0 Å². The molecular formula is C44H79N7O24. The fourth-order valence-electron chi connectivity index (χ4n) is 8.07. The first-order valence-corrected chi connectivity index (χ1v) is 24.6. The maximum absolute atomic E-state index is 13.5. The third kappa shape index (κ3) is 21.8. The normalized spacial score (nSPS) is 30.2. The first-order chi connectivity index (χ1) is 35.8. The van der Waals surface area contributed by atoms with E-state index in [0.29, 0.717) is 0 Å². The molecule has 31 nitrogen and oxygen atoms in total. The molecule has 0 aromatic carbocycles. The van der Waals surface area contributed by atoms with Crippen molar-refractivity contribution < 1.29 is 117 Å². The number of amides is 6. The highest BCUT2D eigenvalue weighted by Gasteiger charge is 2.48. The van der Waals surface area contributed by atoms with Crippen LogP contribution in [0.1, 0.15) is 34.1 Å². The Bertz CT molecular complexity index is 1650. The second kappa shape index (κ2) is 34.7. The lowest BCUT2D eigenvalue weighted by molar-refractivity contribution is -0.272. The molecule has 16 atom stereocenters. The van der Waals surface area contributed by atoms with Gasteiger partial charge in [0.2, 0.25) is 35.4 Å². The van der Waals surface area contributed by atoms with Gasteiger partial charge < -0.3 is 120 Å². The van der Waals surface area contributed by atoms with Gasteiger partial charge in [0.15, 0.2) is 18.9 Å². The van der Waals surface area contributed by atoms with Gasteiger partial charge in [-0.3, -0.25) is 33.7 Å². The van der Waals surface area contributed by atoms with Gasteiger partial charge in [-0.05, 0) is 6.42 Å². The van der Waals surface area contributed by atoms with Crippen LogP contribution in [0.4, 0.5) is 0 Å². The monoisotopic (exact) mass is 1090 g/mol. The Morgan fingerprint density at radius 3 is 1.05 bits per heavy atom. The van der Waals surface area contributed by atoms with Crippen LogP contribution in [0.3, 0.4) is 0 Å². The lowest BCUT2D eigenvalue weighted by atomic mass is 9.97. The fourth-order valence-corrected chi connectivity index (χ4v) is 8.07. The molecule has 6 amide bonds. The largest absolute Gasteiger partial charge is 0.394 e. The standard InChI is InChI=1S/C44H79N7O24/c1-5-26(41(66)47-8-11-69-14-17-72-44-34(50-25(4)57)40(65)37(62)29(22-54)75-44)51(18-30(58)45-6-9-67-12-15-70-42-32(48-23(2)55)38(63)35(60)27(20-52)73-42)19-31(59)46-7-10-68-13-16-71-43-33(49-24(3)56)39(64)36(61)28(21-53)74-43/h26-29,32-40,42-44,52-54,60-65H,5-22H2,1-4H3,(H,45,58)(H,46,59)(H,47,66)(H,48,55)(H,49,56)(H,50,57)/t26?,27?,28?,29?,32?,33?,34?,35?,36?,37?,38?,39?,40?,42-,43?,44?/m1/s1. The van der Waals surface area contributed by atoms with Gasteiger partial charge in [0, 0.05) is 40.4 Å². The lowest BCUT2D eigenvalue weighted by Gasteiger charge is -2.42. The minimum atomic E-state index is -1.50. The first kappa shape index (κ1) is 65.3. The number of rotatable bonds is 34. The highest BCUT2D eigenvalue weighted by Crippen LogP contribution is 2.25. The molecular weight excluding hydrogens is 1010 g/mol. The van der Waals surface area contributed by atoms with Gasteiger partial charge >= 0.3 is 0 Å². The summed E-state index contributed by atoms with van der Waals surface area (Å²) in [4.78, 5) is 76.4. The minimum Gasteiger partial charge on any atom is -0.394 e. The molecule has 0 spiro atoms. The second-order valence-corrected chi connectivity index (χ2v) is 17.6. The van der Waals surface area contributed by atoms with E-state index in [0.717, 1.165) is 0 Å². The Morgan fingerprint density at radius 1 is 0.467 bits per heavy atom. The van der Waals surface area contributed by atoms with Gasteiger partial charge in [-0.1, -0.05) is 6.92 Å². The molecule has 75 heavy (non-hydrogen) atoms. The summed E-state index contributed by atoms with van der Waals surface area (Å²) in [5, 5.41) is 106. The molecule has 0 aromatic rings. The maximum atomic E-state index is 13.5. The zero-order chi connectivity index (χ0) is 55.6. The number of aliphatic hydroxyl groups excluding tert-OH is 9. The van der Waals surface area contributed by atoms with Crippen molar-refractivity contribution in [2.45, 2.75) is 132 Å². The van der Waals surface area contributed by atoms with Crippen LogP contribution in [0.25, 0.3) is 0 Å². The molecule has 3 fully saturated rings. The van der Waals surface area contributed by atoms with E-state index in [1.165, 1.54) is 25.7 Å². The van der Waals surface area contributed by atoms with Gasteiger partial charge in [0.1, 0.15) is 73.1 Å². The van der Waals surface area contributed by atoms with Crippen molar-refractivity contribution in [1.29, 1.82) is 0 Å². The zero-order valence-corrected chi connectivity index (χ0v) is 42.6. The van der Waals surface area contributed by atoms with Gasteiger partial charge in [-0.25, -0.2) is 0 Å². The van der Waals surface area contributed by atoms with Crippen molar-refractivity contribution >= 4 is 35.4 Å². The van der Waals surface area contributed by atoms with Crippen molar-refractivity contribution in [3.05, 3.63) is 0 Å². The Morgan fingerprint density at radius 2 is 0.773 bits per heavy atom. The summed E-state index contributed by atoms with van der Waals surface area (Å²) >= 11 is 0. The Balaban J connectivity index is 1.51. The van der Waals surface area contributed by atoms with Crippen molar-refractivity contribution in [2.24, 2.45) is 0 Å². The number of hydrogen-bond donors (Lipinski definition) is 15. The molecule has 0 bridgehead atoms. The molecule has 15 unspecified atom stereocenters. The SMILES string of the molecule is CCC(C(=O)NCCOCCOC1OC(CO)C(O)C(O)C1NC(C)=O)N(CC(=O)NCCOCCOC1OC(CO)C(O)C(O)C1NC(C)=O)CC(=O)NCCOCCO[C@@H]1OC(CO)C(O)C(O)C1NC(C)=O. The summed E-state index contributed by atoms with van der Waals surface area (Å²) in [5.41, 5.74) is 0. The highest BCUT2D eigenvalue weighted by molar-refractivity contribution is 5.86. The number of carbonyl (C=O) groups is 6. The molecule has 0 aliphatic carbocycles. The van der Waals surface area contributed by atoms with Gasteiger partial charge in [-0.2, -0.15) is 0 Å². The Hall–Kier alpha value is -3.94. The van der Waals surface area contributed by atoms with Crippen molar-refractivity contribution in [2.75, 3.05) is 112 Å². The third-order valence-electron chi connectivity index (χ3n) is 11.8. The summed E-state index contributed by atoms with van der Waals surface area (Å²) in [7, 11) is 0. The molecule has 3 rings (SSSR count). The topological polar surface area (TPSA) is 443 Å². The molecule has 31 heteroatoms. The molecule has 15 N–H and O–H groups in total. The highest BCUT2D eigenvalue weighted by atomic mass is 16.7. The predicted molar refractivity (Wildman–Crippen MR) is 251 cm³/mol. The van der Waals surface area contributed by atoms with Crippen molar-refractivity contribution in [3.8, 4) is 0 Å². The van der Waals surface area contributed by atoms with E-state index in [4.69, 9.17) is 42.6 Å². The van der Waals surface area contributed by atoms with Crippen LogP contribution in [-0.2, 0) is 71.4 Å². The summed E-state index contributed by atoms with van der Waals surface area (Å²) in [5.74, 6) is -3.24. The molecule has 0 radical (unpaired) electrons. The first-order valence-electron chi connectivity index (χ1n) is 24.6. The summed E-state index contributed by atoms with van der Waals surface area (Å²) in [6, 6.07) is -4.43. The third-order valence-corrected chi connectivity index (χ3v) is 11.8. The van der Waals surface area contributed by atoms with E-state index in [9.17, 15) is 74.7 Å². The summed E-state index contributed by atoms with van der Waals surface area (Å²) < 4.78 is 50.0. The average Bonchev–Trinajstić information content (AvgIpc) is 3.36. The molecule has 3 aliphatic heterocycles. The summed E-state index contributed by atoms with van der Waals surface area (Å²) in [6.45, 7) is 2.08. The van der Waals surface area contributed by atoms with Crippen LogP contribution >= 0.6 is 0 Å². The molecule has 3 aliphatic rings. The molecule has 434 valence electrons. The number of aliphatic hydroxyl groups is 9. The van der Waals surface area contributed by atoms with Crippen LogP contribution in [0, 0.1) is 0 Å². The van der Waals surface area contributed by atoms with Crippen LogP contribution in [0.15, 0.2) is 0 Å². The van der Waals surface area contributed by atoms with Crippen LogP contribution in [-0.4, -0.2) is 296 Å². The molecule has 3 saturated heterocycles. The minimum absolute atomic E-state index is 0.00740. The Kier molecular flexibility index (Phi) is 30.3. The average molecular weight is 1090 g/mol. The van der Waals surface area contributed by atoms with E-state index in [2.05, 4.69) is 31.9 Å². The predicted octanol–water partition coefficient (Wildman–Crippen LogP) is -9.65. The summed E-state index contributed by atoms with van der Waals surface area (Å²) in [6.07, 6.45) is -16.0. The van der Waals surface area contributed by atoms with E-state index in [-0.39, 0.29) is 85.5 Å². The number of hydrogen-bond acceptors (Lipinski definition) is 25. The molecule has 0 aromatic heterocycles. The van der Waals surface area contributed by atoms with E-state index < -0.39 is 166 Å². The smallest absolute Gasteiger partial charge is 0.237 e. The lowest BCUT2D eigenvalue weighted by Crippen LogP contribution is -2.64. The van der Waals surface area contributed by atoms with Crippen LogP contribution in [0.2, 0.25) is 0 Å². The van der Waals surface area contributed by atoms with Crippen molar-refractivity contribution in [3.63, 3.8) is 0 Å². The maximum Gasteiger partial charge on any atom is 0.237 e. The molecule has 3 heterocycles. The van der Waals surface area contributed by atoms with Gasteiger partial charge in [-0.15, -0.1) is 0 Å². The number of ether oxygens (including phenoxy) is 9. The van der Waals surface area contributed by atoms with Gasteiger partial charge in [0.25, 0.3) is 0 Å². The van der Waals surface area contributed by atoms with Crippen molar-refractivity contribution in [1.82, 2.24) is 36.8 Å². The van der Waals surface area contributed by atoms with Crippen LogP contribution < -0.4 is 31.9 Å².